The maximum absolute atomic E-state index is 12.3. The Morgan fingerprint density at radius 3 is 2.42 bits per heavy atom. The molecule has 1 fully saturated rings. The lowest BCUT2D eigenvalue weighted by Gasteiger charge is -2.28. The smallest absolute Gasteiger partial charge is 0.256 e. The van der Waals surface area contributed by atoms with E-state index in [1.54, 1.807) is 6.20 Å². The Kier molecular flexibility index (Phi) is 4.96. The van der Waals surface area contributed by atoms with Crippen molar-refractivity contribution < 1.29 is 9.53 Å². The first-order valence-electron chi connectivity index (χ1n) is 8.01. The molecular formula is C18H22N4O2. The van der Waals surface area contributed by atoms with Gasteiger partial charge in [-0.15, -0.1) is 0 Å². The summed E-state index contributed by atoms with van der Waals surface area (Å²) in [6.07, 6.45) is 1.79. The van der Waals surface area contributed by atoms with Crippen LogP contribution in [0.15, 0.2) is 42.6 Å². The predicted octanol–water partition coefficient (Wildman–Crippen LogP) is 2.24. The molecule has 0 spiro atoms. The minimum Gasteiger partial charge on any atom is -0.378 e. The lowest BCUT2D eigenvalue weighted by Crippen LogP contribution is -2.36. The van der Waals surface area contributed by atoms with E-state index < -0.39 is 0 Å². The fraction of sp³-hybridized carbons (Fsp3) is 0.333. The van der Waals surface area contributed by atoms with Crippen LogP contribution in [0, 0.1) is 0 Å². The molecule has 2 heterocycles. The number of carbonyl (C=O) groups excluding carboxylic acids is 1. The number of amides is 1. The Hall–Kier alpha value is -2.60. The van der Waals surface area contributed by atoms with Crippen LogP contribution in [-0.4, -0.2) is 51.3 Å². The van der Waals surface area contributed by atoms with Crippen LogP contribution < -0.4 is 15.1 Å². The largest absolute Gasteiger partial charge is 0.378 e. The molecule has 6 nitrogen and oxygen atoms in total. The van der Waals surface area contributed by atoms with Crippen molar-refractivity contribution in [2.75, 3.05) is 55.5 Å². The van der Waals surface area contributed by atoms with Crippen LogP contribution in [0.5, 0.6) is 0 Å². The first-order chi connectivity index (χ1) is 11.6. The van der Waals surface area contributed by atoms with E-state index in [9.17, 15) is 4.79 Å². The fourth-order valence-electron chi connectivity index (χ4n) is 2.57. The minimum atomic E-state index is -0.160. The summed E-state index contributed by atoms with van der Waals surface area (Å²) < 4.78 is 5.35. The molecule has 3 rings (SSSR count). The summed E-state index contributed by atoms with van der Waals surface area (Å²) in [6, 6.07) is 11.3. The Balaban J connectivity index is 1.63. The number of nitrogens with one attached hydrogen (secondary N) is 1. The van der Waals surface area contributed by atoms with Gasteiger partial charge in [0.25, 0.3) is 5.91 Å². The highest BCUT2D eigenvalue weighted by Gasteiger charge is 2.12. The monoisotopic (exact) mass is 326 g/mol. The number of benzene rings is 1. The van der Waals surface area contributed by atoms with E-state index in [1.165, 1.54) is 0 Å². The van der Waals surface area contributed by atoms with Crippen LogP contribution in [0.3, 0.4) is 0 Å². The molecule has 0 bridgehead atoms. The van der Waals surface area contributed by atoms with Gasteiger partial charge in [0, 0.05) is 38.4 Å². The molecule has 1 saturated heterocycles. The first kappa shape index (κ1) is 16.3. The second-order valence-electron chi connectivity index (χ2n) is 5.90. The summed E-state index contributed by atoms with van der Waals surface area (Å²) in [5, 5.41) is 2.83. The molecule has 126 valence electrons. The number of nitrogens with zero attached hydrogens (tertiary/aromatic N) is 3. The maximum atomic E-state index is 12.3. The molecule has 2 aromatic rings. The van der Waals surface area contributed by atoms with Crippen molar-refractivity contribution in [2.24, 2.45) is 0 Å². The third kappa shape index (κ3) is 3.83. The molecule has 0 radical (unpaired) electrons. The molecule has 0 unspecified atom stereocenters. The van der Waals surface area contributed by atoms with Crippen LogP contribution >= 0.6 is 0 Å². The molecule has 24 heavy (non-hydrogen) atoms. The number of hydrogen-bond acceptors (Lipinski definition) is 5. The summed E-state index contributed by atoms with van der Waals surface area (Å²) >= 11 is 0. The van der Waals surface area contributed by atoms with Crippen molar-refractivity contribution in [3.8, 4) is 0 Å². The van der Waals surface area contributed by atoms with Gasteiger partial charge in [0.2, 0.25) is 0 Å². The van der Waals surface area contributed by atoms with Crippen molar-refractivity contribution in [1.82, 2.24) is 4.98 Å². The second kappa shape index (κ2) is 7.31. The number of pyridine rings is 1. The van der Waals surface area contributed by atoms with Crippen molar-refractivity contribution in [3.05, 3.63) is 48.2 Å². The minimum absolute atomic E-state index is 0.160. The highest BCUT2D eigenvalue weighted by atomic mass is 16.5. The van der Waals surface area contributed by atoms with Crippen molar-refractivity contribution >= 4 is 23.1 Å². The van der Waals surface area contributed by atoms with Crippen molar-refractivity contribution in [2.45, 2.75) is 0 Å². The third-order valence-corrected chi connectivity index (χ3v) is 4.01. The molecule has 1 aromatic carbocycles. The van der Waals surface area contributed by atoms with Gasteiger partial charge in [0.15, 0.2) is 0 Å². The molecule has 0 aliphatic carbocycles. The lowest BCUT2D eigenvalue weighted by atomic mass is 10.2. The number of morpholine rings is 1. The average molecular weight is 326 g/mol. The SMILES string of the molecule is CN(C)c1ccc(C(=O)Nc2ccc(N3CCOCC3)cn2)cc1. The molecule has 1 aliphatic heterocycles. The van der Waals surface area contributed by atoms with Crippen molar-refractivity contribution in [1.29, 1.82) is 0 Å². The Morgan fingerprint density at radius 2 is 1.83 bits per heavy atom. The van der Waals surface area contributed by atoms with Crippen LogP contribution in [0.1, 0.15) is 10.4 Å². The molecule has 1 aromatic heterocycles. The topological polar surface area (TPSA) is 57.7 Å². The molecular weight excluding hydrogens is 304 g/mol. The van der Waals surface area contributed by atoms with Gasteiger partial charge in [0.05, 0.1) is 25.1 Å². The van der Waals surface area contributed by atoms with Crippen LogP contribution in [0.2, 0.25) is 0 Å². The highest BCUT2D eigenvalue weighted by molar-refractivity contribution is 6.03. The van der Waals surface area contributed by atoms with Crippen LogP contribution in [0.25, 0.3) is 0 Å². The van der Waals surface area contributed by atoms with E-state index in [0.717, 1.165) is 37.7 Å². The zero-order valence-corrected chi connectivity index (χ0v) is 14.0. The molecule has 1 amide bonds. The summed E-state index contributed by atoms with van der Waals surface area (Å²) in [5.41, 5.74) is 2.71. The molecule has 1 N–H and O–H groups in total. The predicted molar refractivity (Wildman–Crippen MR) is 96.0 cm³/mol. The average Bonchev–Trinajstić information content (AvgIpc) is 2.63. The quantitative estimate of drug-likeness (QED) is 0.934. The van der Waals surface area contributed by atoms with Crippen LogP contribution in [-0.2, 0) is 4.74 Å². The summed E-state index contributed by atoms with van der Waals surface area (Å²) in [5.74, 6) is 0.389. The number of carbonyl (C=O) groups is 1. The first-order valence-corrected chi connectivity index (χ1v) is 8.01. The Labute approximate surface area is 142 Å². The maximum Gasteiger partial charge on any atom is 0.256 e. The zero-order valence-electron chi connectivity index (χ0n) is 14.0. The third-order valence-electron chi connectivity index (χ3n) is 4.01. The zero-order chi connectivity index (χ0) is 16.9. The normalized spacial score (nSPS) is 14.3. The van der Waals surface area contributed by atoms with Crippen molar-refractivity contribution in [3.63, 3.8) is 0 Å². The number of rotatable bonds is 4. The van der Waals surface area contributed by atoms with E-state index >= 15 is 0 Å². The molecule has 1 aliphatic rings. The van der Waals surface area contributed by atoms with Gasteiger partial charge in [0.1, 0.15) is 5.82 Å². The van der Waals surface area contributed by atoms with Gasteiger partial charge in [-0.2, -0.15) is 0 Å². The number of ether oxygens (including phenoxy) is 1. The van der Waals surface area contributed by atoms with Gasteiger partial charge in [-0.05, 0) is 36.4 Å². The van der Waals surface area contributed by atoms with Gasteiger partial charge >= 0.3 is 0 Å². The van der Waals surface area contributed by atoms with Gasteiger partial charge in [-0.3, -0.25) is 4.79 Å². The number of hydrogen-bond donors (Lipinski definition) is 1. The van der Waals surface area contributed by atoms with E-state index in [2.05, 4.69) is 15.2 Å². The summed E-state index contributed by atoms with van der Waals surface area (Å²) in [4.78, 5) is 20.9. The highest BCUT2D eigenvalue weighted by Crippen LogP contribution is 2.17. The molecule has 0 atom stereocenters. The Bertz CT molecular complexity index is 677. The molecule has 0 saturated carbocycles. The number of anilines is 3. The lowest BCUT2D eigenvalue weighted by molar-refractivity contribution is 0.102. The molecule has 6 heteroatoms. The number of aromatic nitrogens is 1. The fourth-order valence-corrected chi connectivity index (χ4v) is 2.57. The van der Waals surface area contributed by atoms with E-state index in [4.69, 9.17) is 4.74 Å². The van der Waals surface area contributed by atoms with E-state index in [-0.39, 0.29) is 5.91 Å². The summed E-state index contributed by atoms with van der Waals surface area (Å²) in [6.45, 7) is 3.21. The van der Waals surface area contributed by atoms with Gasteiger partial charge in [-0.25, -0.2) is 4.98 Å². The van der Waals surface area contributed by atoms with Gasteiger partial charge < -0.3 is 19.9 Å². The van der Waals surface area contributed by atoms with Gasteiger partial charge in [-0.1, -0.05) is 0 Å². The summed E-state index contributed by atoms with van der Waals surface area (Å²) in [7, 11) is 3.93. The van der Waals surface area contributed by atoms with Crippen LogP contribution in [0.4, 0.5) is 17.2 Å². The Morgan fingerprint density at radius 1 is 1.12 bits per heavy atom. The van der Waals surface area contributed by atoms with E-state index in [1.807, 2.05) is 55.4 Å². The van der Waals surface area contributed by atoms with E-state index in [0.29, 0.717) is 11.4 Å². The standard InChI is InChI=1S/C18H22N4O2/c1-21(2)15-5-3-14(4-6-15)18(23)20-17-8-7-16(13-19-17)22-9-11-24-12-10-22/h3-8,13H,9-12H2,1-2H3,(H,19,20,23). The second-order valence-corrected chi connectivity index (χ2v) is 5.90.